The average Bonchev–Trinajstić information content (AvgIpc) is 2.96. The maximum absolute atomic E-state index is 12.2. The summed E-state index contributed by atoms with van der Waals surface area (Å²) < 4.78 is 5.71. The Morgan fingerprint density at radius 2 is 2.24 bits per heavy atom. The van der Waals surface area contributed by atoms with Crippen LogP contribution in [0.3, 0.4) is 0 Å². The Kier molecular flexibility index (Phi) is 4.76. The molecule has 1 saturated heterocycles. The number of carbonyl (C=O) groups excluding carboxylic acids is 1. The van der Waals surface area contributed by atoms with Crippen LogP contribution in [0.25, 0.3) is 0 Å². The Hall–Kier alpha value is -1.55. The van der Waals surface area contributed by atoms with E-state index in [1.165, 1.54) is 24.8 Å². The molecule has 2 aliphatic heterocycles. The number of amides is 2. The summed E-state index contributed by atoms with van der Waals surface area (Å²) >= 11 is 0. The molecule has 0 aliphatic carbocycles. The van der Waals surface area contributed by atoms with Gasteiger partial charge in [-0.25, -0.2) is 4.79 Å². The lowest BCUT2D eigenvalue weighted by atomic mass is 10.0. The standard InChI is InChI=1S/C17H24N2O2/c20-17(18-11-5-8-15-7-3-4-13-21-15)19-12-10-14-6-1-2-9-16(14)19/h1-2,6,9,15H,3-5,7-8,10-13H2,(H,18,20)/t15-/m0/s1. The van der Waals surface area contributed by atoms with Crippen LogP contribution in [0.4, 0.5) is 10.5 Å². The van der Waals surface area contributed by atoms with Crippen LogP contribution in [-0.2, 0) is 11.2 Å². The van der Waals surface area contributed by atoms with Crippen molar-refractivity contribution in [2.75, 3.05) is 24.6 Å². The molecule has 0 spiro atoms. The van der Waals surface area contributed by atoms with Crippen molar-refractivity contribution < 1.29 is 9.53 Å². The molecule has 1 aromatic carbocycles. The third-order valence-electron chi connectivity index (χ3n) is 4.39. The molecule has 0 bridgehead atoms. The number of rotatable bonds is 4. The summed E-state index contributed by atoms with van der Waals surface area (Å²) in [6.45, 7) is 2.43. The second-order valence-corrected chi connectivity index (χ2v) is 5.89. The number of ether oxygens (including phenoxy) is 1. The van der Waals surface area contributed by atoms with Gasteiger partial charge in [0.2, 0.25) is 0 Å². The van der Waals surface area contributed by atoms with Crippen molar-refractivity contribution in [3.05, 3.63) is 29.8 Å². The SMILES string of the molecule is O=C(NCCC[C@@H]1CCCCO1)N1CCc2ccccc21. The molecule has 114 valence electrons. The Bertz CT molecular complexity index is 483. The zero-order chi connectivity index (χ0) is 14.5. The van der Waals surface area contributed by atoms with Gasteiger partial charge >= 0.3 is 6.03 Å². The molecule has 4 heteroatoms. The van der Waals surface area contributed by atoms with Crippen molar-refractivity contribution in [1.82, 2.24) is 5.32 Å². The fraction of sp³-hybridized carbons (Fsp3) is 0.588. The lowest BCUT2D eigenvalue weighted by Crippen LogP contribution is -2.39. The normalized spacial score (nSPS) is 21.1. The molecule has 1 N–H and O–H groups in total. The highest BCUT2D eigenvalue weighted by atomic mass is 16.5. The van der Waals surface area contributed by atoms with Crippen molar-refractivity contribution in [3.63, 3.8) is 0 Å². The largest absolute Gasteiger partial charge is 0.378 e. The summed E-state index contributed by atoms with van der Waals surface area (Å²) in [5.74, 6) is 0. The molecule has 3 rings (SSSR count). The number of urea groups is 1. The van der Waals surface area contributed by atoms with Crippen LogP contribution in [0.15, 0.2) is 24.3 Å². The predicted octanol–water partition coefficient (Wildman–Crippen LogP) is 3.11. The zero-order valence-corrected chi connectivity index (χ0v) is 12.5. The van der Waals surface area contributed by atoms with Gasteiger partial charge in [-0.05, 0) is 50.2 Å². The molecular formula is C17H24N2O2. The number of fused-ring (bicyclic) bond motifs is 1. The van der Waals surface area contributed by atoms with Gasteiger partial charge in [0, 0.05) is 25.4 Å². The van der Waals surface area contributed by atoms with Crippen LogP contribution in [-0.4, -0.2) is 31.8 Å². The Morgan fingerprint density at radius 1 is 1.33 bits per heavy atom. The second-order valence-electron chi connectivity index (χ2n) is 5.89. The van der Waals surface area contributed by atoms with Crippen LogP contribution < -0.4 is 10.2 Å². The Balaban J connectivity index is 1.41. The monoisotopic (exact) mass is 288 g/mol. The number of nitrogens with zero attached hydrogens (tertiary/aromatic N) is 1. The summed E-state index contributed by atoms with van der Waals surface area (Å²) in [5.41, 5.74) is 2.33. The van der Waals surface area contributed by atoms with Gasteiger partial charge < -0.3 is 10.1 Å². The first-order chi connectivity index (χ1) is 10.3. The predicted molar refractivity (Wildman–Crippen MR) is 83.7 cm³/mol. The summed E-state index contributed by atoms with van der Waals surface area (Å²) in [6.07, 6.45) is 7.06. The molecule has 0 saturated carbocycles. The Labute approximate surface area is 126 Å². The first-order valence-electron chi connectivity index (χ1n) is 8.09. The Morgan fingerprint density at radius 3 is 3.10 bits per heavy atom. The van der Waals surface area contributed by atoms with E-state index < -0.39 is 0 Å². The molecule has 0 unspecified atom stereocenters. The highest BCUT2D eigenvalue weighted by Crippen LogP contribution is 2.27. The number of hydrogen-bond donors (Lipinski definition) is 1. The smallest absolute Gasteiger partial charge is 0.321 e. The van der Waals surface area contributed by atoms with Gasteiger partial charge in [-0.3, -0.25) is 4.90 Å². The van der Waals surface area contributed by atoms with Gasteiger partial charge in [0.05, 0.1) is 6.10 Å². The first kappa shape index (κ1) is 14.4. The van der Waals surface area contributed by atoms with Crippen LogP contribution in [0, 0.1) is 0 Å². The maximum atomic E-state index is 12.2. The van der Waals surface area contributed by atoms with Crippen molar-refractivity contribution in [2.45, 2.75) is 44.6 Å². The van der Waals surface area contributed by atoms with E-state index in [0.29, 0.717) is 6.10 Å². The van der Waals surface area contributed by atoms with E-state index in [1.54, 1.807) is 0 Å². The molecule has 0 aromatic heterocycles. The van der Waals surface area contributed by atoms with Crippen molar-refractivity contribution in [3.8, 4) is 0 Å². The minimum absolute atomic E-state index is 0.0320. The van der Waals surface area contributed by atoms with Gasteiger partial charge in [-0.15, -0.1) is 0 Å². The van der Waals surface area contributed by atoms with Crippen LogP contribution in [0.2, 0.25) is 0 Å². The number of anilines is 1. The summed E-state index contributed by atoms with van der Waals surface area (Å²) in [5, 5.41) is 3.04. The van der Waals surface area contributed by atoms with E-state index in [1.807, 2.05) is 23.1 Å². The molecule has 0 radical (unpaired) electrons. The lowest BCUT2D eigenvalue weighted by Gasteiger charge is -2.23. The third kappa shape index (κ3) is 3.56. The summed E-state index contributed by atoms with van der Waals surface area (Å²) in [4.78, 5) is 14.1. The molecule has 2 aliphatic rings. The minimum atomic E-state index is 0.0320. The number of carbonyl (C=O) groups is 1. The molecule has 1 atom stereocenters. The lowest BCUT2D eigenvalue weighted by molar-refractivity contribution is 0.0103. The van der Waals surface area contributed by atoms with Gasteiger partial charge in [0.1, 0.15) is 0 Å². The van der Waals surface area contributed by atoms with Crippen molar-refractivity contribution >= 4 is 11.7 Å². The molecule has 1 aromatic rings. The van der Waals surface area contributed by atoms with Crippen LogP contribution in [0.5, 0.6) is 0 Å². The van der Waals surface area contributed by atoms with E-state index in [4.69, 9.17) is 4.74 Å². The first-order valence-corrected chi connectivity index (χ1v) is 8.09. The topological polar surface area (TPSA) is 41.6 Å². The fourth-order valence-electron chi connectivity index (χ4n) is 3.20. The van der Waals surface area contributed by atoms with Crippen LogP contribution in [0.1, 0.15) is 37.7 Å². The number of para-hydroxylation sites is 1. The molecule has 4 nitrogen and oxygen atoms in total. The van der Waals surface area contributed by atoms with E-state index in [9.17, 15) is 4.79 Å². The maximum Gasteiger partial charge on any atom is 0.321 e. The van der Waals surface area contributed by atoms with E-state index >= 15 is 0 Å². The van der Waals surface area contributed by atoms with Crippen molar-refractivity contribution in [2.24, 2.45) is 0 Å². The average molecular weight is 288 g/mol. The molecular weight excluding hydrogens is 264 g/mol. The van der Waals surface area contributed by atoms with E-state index in [0.717, 1.165) is 44.6 Å². The molecule has 21 heavy (non-hydrogen) atoms. The third-order valence-corrected chi connectivity index (χ3v) is 4.39. The fourth-order valence-corrected chi connectivity index (χ4v) is 3.20. The number of nitrogens with one attached hydrogen (secondary N) is 1. The van der Waals surface area contributed by atoms with Gasteiger partial charge in [0.25, 0.3) is 0 Å². The van der Waals surface area contributed by atoms with Gasteiger partial charge in [0.15, 0.2) is 0 Å². The summed E-state index contributed by atoms with van der Waals surface area (Å²) in [7, 11) is 0. The van der Waals surface area contributed by atoms with Crippen LogP contribution >= 0.6 is 0 Å². The molecule has 2 heterocycles. The molecule has 1 fully saturated rings. The molecule has 2 amide bonds. The van der Waals surface area contributed by atoms with Gasteiger partial charge in [-0.1, -0.05) is 18.2 Å². The van der Waals surface area contributed by atoms with E-state index in [2.05, 4.69) is 11.4 Å². The van der Waals surface area contributed by atoms with E-state index in [-0.39, 0.29) is 6.03 Å². The quantitative estimate of drug-likeness (QED) is 0.865. The highest BCUT2D eigenvalue weighted by molar-refractivity contribution is 5.94. The highest BCUT2D eigenvalue weighted by Gasteiger charge is 2.23. The minimum Gasteiger partial charge on any atom is -0.378 e. The van der Waals surface area contributed by atoms with Gasteiger partial charge in [-0.2, -0.15) is 0 Å². The zero-order valence-electron chi connectivity index (χ0n) is 12.5. The summed E-state index contributed by atoms with van der Waals surface area (Å²) in [6, 6.07) is 8.18. The number of benzene rings is 1. The number of hydrogen-bond acceptors (Lipinski definition) is 2. The second kappa shape index (κ2) is 6.94. The van der Waals surface area contributed by atoms with Crippen molar-refractivity contribution in [1.29, 1.82) is 0 Å².